The van der Waals surface area contributed by atoms with Crippen molar-refractivity contribution >= 4 is 23.1 Å². The molecule has 3 aromatic heterocycles. The molecule has 0 fully saturated rings. The van der Waals surface area contributed by atoms with Crippen molar-refractivity contribution in [2.75, 3.05) is 5.32 Å². The maximum absolute atomic E-state index is 6.14. The maximum Gasteiger partial charge on any atom is 0.139 e. The van der Waals surface area contributed by atoms with Crippen molar-refractivity contribution in [1.82, 2.24) is 19.9 Å². The van der Waals surface area contributed by atoms with Gasteiger partial charge in [-0.25, -0.2) is 9.97 Å². The summed E-state index contributed by atoms with van der Waals surface area (Å²) in [6.45, 7) is 0. The Balaban J connectivity index is 1.80. The molecule has 2 N–H and O–H groups in total. The summed E-state index contributed by atoms with van der Waals surface area (Å²) < 4.78 is 0. The molecule has 0 radical (unpaired) electrons. The highest BCUT2D eigenvalue weighted by Gasteiger charge is 2.23. The largest absolute Gasteiger partial charge is 0.338 e. The number of aromatic amines is 1. The highest BCUT2D eigenvalue weighted by Crippen LogP contribution is 2.42. The zero-order valence-electron chi connectivity index (χ0n) is 13.0. The third-order valence-electron chi connectivity index (χ3n) is 4.21. The van der Waals surface area contributed by atoms with Gasteiger partial charge in [-0.05, 0) is 30.3 Å². The number of benzene rings is 1. The van der Waals surface area contributed by atoms with Gasteiger partial charge in [0.1, 0.15) is 17.3 Å². The van der Waals surface area contributed by atoms with Crippen molar-refractivity contribution in [1.29, 1.82) is 0 Å². The molecule has 0 unspecified atom stereocenters. The predicted molar refractivity (Wildman–Crippen MR) is 98.8 cm³/mol. The van der Waals surface area contributed by atoms with E-state index in [1.807, 2.05) is 42.5 Å². The van der Waals surface area contributed by atoms with Crippen molar-refractivity contribution in [3.8, 4) is 33.9 Å². The number of anilines is 2. The van der Waals surface area contributed by atoms with Crippen LogP contribution in [0.4, 0.5) is 11.5 Å². The third kappa shape index (κ3) is 2.28. The summed E-state index contributed by atoms with van der Waals surface area (Å²) in [6, 6.07) is 13.5. The number of nitrogens with one attached hydrogen (secondary N) is 2. The Morgan fingerprint density at radius 2 is 1.92 bits per heavy atom. The van der Waals surface area contributed by atoms with Gasteiger partial charge < -0.3 is 10.3 Å². The SMILES string of the molecule is Clc1cccc(-c2nc3c([nH]2)-c2ccncc2Nc2ncccc2-3)c1. The monoisotopic (exact) mass is 345 g/mol. The quantitative estimate of drug-likeness (QED) is 0.453. The highest BCUT2D eigenvalue weighted by atomic mass is 35.5. The van der Waals surface area contributed by atoms with Crippen molar-refractivity contribution in [3.05, 3.63) is 66.1 Å². The van der Waals surface area contributed by atoms with E-state index in [-0.39, 0.29) is 0 Å². The standard InChI is InChI=1S/C19H12ClN5/c20-12-4-1-3-11(9-12)18-24-16-13-6-8-21-10-15(13)23-19-14(17(16)25-18)5-2-7-22-19/h1-10H,(H,22,23)(H,24,25). The highest BCUT2D eigenvalue weighted by molar-refractivity contribution is 6.30. The van der Waals surface area contributed by atoms with Gasteiger partial charge in [-0.3, -0.25) is 4.98 Å². The summed E-state index contributed by atoms with van der Waals surface area (Å²) in [5.74, 6) is 1.53. The summed E-state index contributed by atoms with van der Waals surface area (Å²) in [5.41, 5.74) is 5.57. The number of halogens is 1. The molecule has 1 aliphatic heterocycles. The number of hydrogen-bond donors (Lipinski definition) is 2. The van der Waals surface area contributed by atoms with Crippen LogP contribution in [0, 0.1) is 0 Å². The van der Waals surface area contributed by atoms with E-state index < -0.39 is 0 Å². The molecule has 0 atom stereocenters. The average Bonchev–Trinajstić information content (AvgIpc) is 3.03. The van der Waals surface area contributed by atoms with Crippen LogP contribution in [0.3, 0.4) is 0 Å². The lowest BCUT2D eigenvalue weighted by molar-refractivity contribution is 1.26. The second-order valence-corrected chi connectivity index (χ2v) is 6.20. The van der Waals surface area contributed by atoms with E-state index in [0.29, 0.717) is 5.02 Å². The average molecular weight is 346 g/mol. The van der Waals surface area contributed by atoms with Crippen LogP contribution in [0.5, 0.6) is 0 Å². The lowest BCUT2D eigenvalue weighted by Crippen LogP contribution is -1.95. The van der Waals surface area contributed by atoms with Crippen LogP contribution in [-0.4, -0.2) is 19.9 Å². The molecule has 0 aliphatic carbocycles. The third-order valence-corrected chi connectivity index (χ3v) is 4.44. The van der Waals surface area contributed by atoms with Crippen LogP contribution >= 0.6 is 11.6 Å². The Hall–Kier alpha value is -3.18. The molecule has 4 heterocycles. The Labute approximate surface area is 148 Å². The smallest absolute Gasteiger partial charge is 0.139 e. The van der Waals surface area contributed by atoms with Gasteiger partial charge in [0.05, 0.1) is 17.6 Å². The molecule has 0 saturated carbocycles. The van der Waals surface area contributed by atoms with Crippen molar-refractivity contribution in [2.45, 2.75) is 0 Å². The van der Waals surface area contributed by atoms with Gasteiger partial charge in [0.15, 0.2) is 0 Å². The molecular weight excluding hydrogens is 334 g/mol. The summed E-state index contributed by atoms with van der Waals surface area (Å²) in [4.78, 5) is 17.0. The zero-order chi connectivity index (χ0) is 16.8. The van der Waals surface area contributed by atoms with Gasteiger partial charge in [0.25, 0.3) is 0 Å². The van der Waals surface area contributed by atoms with E-state index in [1.165, 1.54) is 0 Å². The van der Waals surface area contributed by atoms with E-state index in [4.69, 9.17) is 16.6 Å². The fourth-order valence-electron chi connectivity index (χ4n) is 3.07. The molecule has 0 amide bonds. The van der Waals surface area contributed by atoms with Crippen molar-refractivity contribution in [3.63, 3.8) is 0 Å². The van der Waals surface area contributed by atoms with Crippen LogP contribution in [-0.2, 0) is 0 Å². The van der Waals surface area contributed by atoms with Crippen LogP contribution < -0.4 is 5.32 Å². The topological polar surface area (TPSA) is 66.5 Å². The number of nitrogens with zero attached hydrogens (tertiary/aromatic N) is 3. The fourth-order valence-corrected chi connectivity index (χ4v) is 3.26. The normalized spacial score (nSPS) is 11.7. The molecule has 0 saturated heterocycles. The first-order valence-electron chi connectivity index (χ1n) is 7.82. The molecular formula is C19H12ClN5. The number of H-pyrrole nitrogens is 1. The second-order valence-electron chi connectivity index (χ2n) is 5.77. The van der Waals surface area contributed by atoms with Gasteiger partial charge in [0, 0.05) is 34.1 Å². The molecule has 25 heavy (non-hydrogen) atoms. The minimum absolute atomic E-state index is 0.678. The van der Waals surface area contributed by atoms with Gasteiger partial charge in [0.2, 0.25) is 0 Å². The van der Waals surface area contributed by atoms with Gasteiger partial charge in [-0.1, -0.05) is 23.7 Å². The number of rotatable bonds is 1. The van der Waals surface area contributed by atoms with Crippen LogP contribution in [0.15, 0.2) is 61.1 Å². The van der Waals surface area contributed by atoms with Gasteiger partial charge >= 0.3 is 0 Å². The maximum atomic E-state index is 6.14. The van der Waals surface area contributed by atoms with Crippen LogP contribution in [0.25, 0.3) is 33.9 Å². The predicted octanol–water partition coefficient (Wildman–Crippen LogP) is 4.91. The fraction of sp³-hybridized carbons (Fsp3) is 0. The molecule has 1 aliphatic rings. The minimum atomic E-state index is 0.678. The number of hydrogen-bond acceptors (Lipinski definition) is 4. The summed E-state index contributed by atoms with van der Waals surface area (Å²) in [7, 11) is 0. The molecule has 6 heteroatoms. The second kappa shape index (κ2) is 5.43. The van der Waals surface area contributed by atoms with Crippen molar-refractivity contribution < 1.29 is 0 Å². The lowest BCUT2D eigenvalue weighted by Gasteiger charge is -2.07. The molecule has 120 valence electrons. The molecule has 1 aromatic carbocycles. The van der Waals surface area contributed by atoms with E-state index in [1.54, 1.807) is 18.6 Å². The summed E-state index contributed by atoms with van der Waals surface area (Å²) in [5, 5.41) is 4.03. The Morgan fingerprint density at radius 3 is 2.84 bits per heavy atom. The molecule has 4 aromatic rings. The lowest BCUT2D eigenvalue weighted by atomic mass is 10.1. The number of fused-ring (bicyclic) bond motifs is 5. The molecule has 5 nitrogen and oxygen atoms in total. The van der Waals surface area contributed by atoms with Gasteiger partial charge in [-0.15, -0.1) is 0 Å². The first-order valence-corrected chi connectivity index (χ1v) is 8.20. The Morgan fingerprint density at radius 1 is 0.960 bits per heavy atom. The first-order chi connectivity index (χ1) is 12.3. The van der Waals surface area contributed by atoms with Crippen molar-refractivity contribution in [2.24, 2.45) is 0 Å². The summed E-state index contributed by atoms with van der Waals surface area (Å²) in [6.07, 6.45) is 5.33. The Kier molecular flexibility index (Phi) is 3.08. The van der Waals surface area contributed by atoms with E-state index in [0.717, 1.165) is 45.4 Å². The zero-order valence-corrected chi connectivity index (χ0v) is 13.7. The number of pyridine rings is 2. The Bertz CT molecular complexity index is 1040. The van der Waals surface area contributed by atoms with E-state index in [2.05, 4.69) is 20.3 Å². The molecule has 5 rings (SSSR count). The number of aromatic nitrogens is 4. The summed E-state index contributed by atoms with van der Waals surface area (Å²) >= 11 is 6.14. The molecule has 0 spiro atoms. The van der Waals surface area contributed by atoms with Crippen LogP contribution in [0.2, 0.25) is 5.02 Å². The minimum Gasteiger partial charge on any atom is -0.338 e. The molecule has 0 bridgehead atoms. The first kappa shape index (κ1) is 14.2. The van der Waals surface area contributed by atoms with E-state index >= 15 is 0 Å². The van der Waals surface area contributed by atoms with Gasteiger partial charge in [-0.2, -0.15) is 0 Å². The number of imidazole rings is 1. The van der Waals surface area contributed by atoms with E-state index in [9.17, 15) is 0 Å². The van der Waals surface area contributed by atoms with Crippen LogP contribution in [0.1, 0.15) is 0 Å².